The van der Waals surface area contributed by atoms with Crippen LogP contribution >= 0.6 is 0 Å². The van der Waals surface area contributed by atoms with Gasteiger partial charge in [0.15, 0.2) is 0 Å². The smallest absolute Gasteiger partial charge is 0.274 e. The lowest BCUT2D eigenvalue weighted by Gasteiger charge is -1.99. The molecule has 0 unspecified atom stereocenters. The van der Waals surface area contributed by atoms with Crippen molar-refractivity contribution in [2.45, 2.75) is 27.2 Å². The number of furan rings is 1. The Morgan fingerprint density at radius 1 is 1.64 bits per heavy atom. The number of carbonyl (C=O) groups is 1. The Morgan fingerprint density at radius 3 is 2.86 bits per heavy atom. The molecule has 0 spiro atoms. The first-order valence-electron chi connectivity index (χ1n) is 4.52. The SMILES string of the molecule is CCC(C)=NNC(=O)c1ccoc1C. The van der Waals surface area contributed by atoms with Gasteiger partial charge in [0.2, 0.25) is 0 Å². The molecule has 0 atom stereocenters. The molecule has 0 aliphatic heterocycles. The average Bonchev–Trinajstić information content (AvgIpc) is 2.60. The number of hydrazone groups is 1. The topological polar surface area (TPSA) is 54.6 Å². The Hall–Kier alpha value is -1.58. The molecule has 0 fully saturated rings. The van der Waals surface area contributed by atoms with Crippen LogP contribution in [0.4, 0.5) is 0 Å². The molecule has 0 saturated carbocycles. The van der Waals surface area contributed by atoms with Crippen molar-refractivity contribution in [2.24, 2.45) is 5.10 Å². The standard InChI is InChI=1S/C10H14N2O2/c1-4-7(2)11-12-10(13)9-5-6-14-8(9)3/h5-6H,4H2,1-3H3,(H,12,13). The summed E-state index contributed by atoms with van der Waals surface area (Å²) in [6, 6.07) is 1.63. The van der Waals surface area contributed by atoms with E-state index in [1.165, 1.54) is 6.26 Å². The number of carbonyl (C=O) groups excluding carboxylic acids is 1. The third-order valence-corrected chi connectivity index (χ3v) is 1.96. The fourth-order valence-corrected chi connectivity index (χ4v) is 0.906. The maximum Gasteiger partial charge on any atom is 0.274 e. The number of rotatable bonds is 3. The van der Waals surface area contributed by atoms with E-state index in [9.17, 15) is 4.79 Å². The van der Waals surface area contributed by atoms with Gasteiger partial charge in [0.05, 0.1) is 11.8 Å². The Bertz CT molecular complexity index is 353. The fraction of sp³-hybridized carbons (Fsp3) is 0.400. The second kappa shape index (κ2) is 4.60. The molecule has 1 amide bonds. The summed E-state index contributed by atoms with van der Waals surface area (Å²) in [5.41, 5.74) is 3.88. The third-order valence-electron chi connectivity index (χ3n) is 1.96. The minimum absolute atomic E-state index is 0.232. The van der Waals surface area contributed by atoms with Gasteiger partial charge >= 0.3 is 0 Å². The van der Waals surface area contributed by atoms with E-state index in [0.29, 0.717) is 11.3 Å². The summed E-state index contributed by atoms with van der Waals surface area (Å²) in [4.78, 5) is 11.5. The van der Waals surface area contributed by atoms with Crippen LogP contribution in [-0.4, -0.2) is 11.6 Å². The van der Waals surface area contributed by atoms with Crippen LogP contribution in [0.25, 0.3) is 0 Å². The average molecular weight is 194 g/mol. The minimum atomic E-state index is -0.232. The molecule has 0 saturated heterocycles. The van der Waals surface area contributed by atoms with Gasteiger partial charge in [-0.2, -0.15) is 5.10 Å². The molecule has 0 bridgehead atoms. The summed E-state index contributed by atoms with van der Waals surface area (Å²) >= 11 is 0. The van der Waals surface area contributed by atoms with Gasteiger partial charge in [0.25, 0.3) is 5.91 Å². The number of aryl methyl sites for hydroxylation is 1. The van der Waals surface area contributed by atoms with Crippen LogP contribution in [0.5, 0.6) is 0 Å². The summed E-state index contributed by atoms with van der Waals surface area (Å²) in [5.74, 6) is 0.371. The van der Waals surface area contributed by atoms with E-state index in [1.54, 1.807) is 13.0 Å². The molecule has 1 N–H and O–H groups in total. The van der Waals surface area contributed by atoms with Gasteiger partial charge in [-0.25, -0.2) is 5.43 Å². The minimum Gasteiger partial charge on any atom is -0.469 e. The van der Waals surface area contributed by atoms with E-state index >= 15 is 0 Å². The van der Waals surface area contributed by atoms with Gasteiger partial charge in [-0.15, -0.1) is 0 Å². The van der Waals surface area contributed by atoms with Crippen LogP contribution in [0.2, 0.25) is 0 Å². The Kier molecular flexibility index (Phi) is 3.45. The van der Waals surface area contributed by atoms with Crippen molar-refractivity contribution >= 4 is 11.6 Å². The van der Waals surface area contributed by atoms with Crippen LogP contribution in [0.15, 0.2) is 21.8 Å². The van der Waals surface area contributed by atoms with Crippen molar-refractivity contribution in [1.29, 1.82) is 0 Å². The highest BCUT2D eigenvalue weighted by molar-refractivity contribution is 5.95. The highest BCUT2D eigenvalue weighted by Gasteiger charge is 2.09. The molecule has 0 radical (unpaired) electrons. The van der Waals surface area contributed by atoms with Crippen LogP contribution in [-0.2, 0) is 0 Å². The molecule has 14 heavy (non-hydrogen) atoms. The van der Waals surface area contributed by atoms with Crippen molar-refractivity contribution < 1.29 is 9.21 Å². The van der Waals surface area contributed by atoms with E-state index in [1.807, 2.05) is 13.8 Å². The molecule has 76 valence electrons. The molecule has 0 aromatic carbocycles. The molecule has 4 nitrogen and oxygen atoms in total. The summed E-state index contributed by atoms with van der Waals surface area (Å²) < 4.78 is 5.01. The molecule has 1 aromatic rings. The zero-order chi connectivity index (χ0) is 10.6. The van der Waals surface area contributed by atoms with E-state index in [4.69, 9.17) is 4.42 Å². The predicted molar refractivity (Wildman–Crippen MR) is 54.3 cm³/mol. The molecular formula is C10H14N2O2. The summed E-state index contributed by atoms with van der Waals surface area (Å²) in [5, 5.41) is 3.92. The molecule has 1 rings (SSSR count). The third kappa shape index (κ3) is 2.45. The molecule has 0 aliphatic rings. The number of hydrogen-bond acceptors (Lipinski definition) is 3. The summed E-state index contributed by atoms with van der Waals surface area (Å²) in [6.45, 7) is 5.59. The summed E-state index contributed by atoms with van der Waals surface area (Å²) in [7, 11) is 0. The van der Waals surface area contributed by atoms with Crippen molar-refractivity contribution in [3.63, 3.8) is 0 Å². The van der Waals surface area contributed by atoms with E-state index in [0.717, 1.165) is 12.1 Å². The number of nitrogens with zero attached hydrogens (tertiary/aromatic N) is 1. The summed E-state index contributed by atoms with van der Waals surface area (Å²) in [6.07, 6.45) is 2.31. The number of hydrogen-bond donors (Lipinski definition) is 1. The lowest BCUT2D eigenvalue weighted by molar-refractivity contribution is 0.0953. The first kappa shape index (κ1) is 10.5. The second-order valence-electron chi connectivity index (χ2n) is 3.03. The van der Waals surface area contributed by atoms with Crippen LogP contribution in [0.1, 0.15) is 36.4 Å². The van der Waals surface area contributed by atoms with Crippen LogP contribution < -0.4 is 5.43 Å². The predicted octanol–water partition coefficient (Wildman–Crippen LogP) is 2.10. The van der Waals surface area contributed by atoms with E-state index in [2.05, 4.69) is 10.5 Å². The Labute approximate surface area is 83.0 Å². The lowest BCUT2D eigenvalue weighted by atomic mass is 10.2. The van der Waals surface area contributed by atoms with Gasteiger partial charge < -0.3 is 4.42 Å². The Balaban J connectivity index is 2.65. The number of nitrogens with one attached hydrogen (secondary N) is 1. The van der Waals surface area contributed by atoms with Gasteiger partial charge in [0, 0.05) is 5.71 Å². The van der Waals surface area contributed by atoms with Gasteiger partial charge in [-0.05, 0) is 26.3 Å². The largest absolute Gasteiger partial charge is 0.469 e. The zero-order valence-corrected chi connectivity index (χ0v) is 8.63. The van der Waals surface area contributed by atoms with Crippen LogP contribution in [0, 0.1) is 6.92 Å². The molecular weight excluding hydrogens is 180 g/mol. The number of amides is 1. The van der Waals surface area contributed by atoms with E-state index < -0.39 is 0 Å². The van der Waals surface area contributed by atoms with E-state index in [-0.39, 0.29) is 5.91 Å². The highest BCUT2D eigenvalue weighted by atomic mass is 16.3. The molecule has 4 heteroatoms. The molecule has 0 aliphatic carbocycles. The fourth-order valence-electron chi connectivity index (χ4n) is 0.906. The second-order valence-corrected chi connectivity index (χ2v) is 3.03. The van der Waals surface area contributed by atoms with Gasteiger partial charge in [-0.1, -0.05) is 6.92 Å². The quantitative estimate of drug-likeness (QED) is 0.591. The molecule has 1 aromatic heterocycles. The van der Waals surface area contributed by atoms with Crippen LogP contribution in [0.3, 0.4) is 0 Å². The van der Waals surface area contributed by atoms with Crippen molar-refractivity contribution in [3.05, 3.63) is 23.7 Å². The zero-order valence-electron chi connectivity index (χ0n) is 8.63. The normalized spacial score (nSPS) is 11.5. The van der Waals surface area contributed by atoms with Gasteiger partial charge in [-0.3, -0.25) is 4.79 Å². The van der Waals surface area contributed by atoms with Gasteiger partial charge in [0.1, 0.15) is 5.76 Å². The maximum atomic E-state index is 11.5. The molecule has 1 heterocycles. The van der Waals surface area contributed by atoms with Crippen molar-refractivity contribution in [1.82, 2.24) is 5.43 Å². The highest BCUT2D eigenvalue weighted by Crippen LogP contribution is 2.07. The van der Waals surface area contributed by atoms with Crippen molar-refractivity contribution in [2.75, 3.05) is 0 Å². The lowest BCUT2D eigenvalue weighted by Crippen LogP contribution is -2.19. The van der Waals surface area contributed by atoms with Crippen molar-refractivity contribution in [3.8, 4) is 0 Å². The monoisotopic (exact) mass is 194 g/mol. The maximum absolute atomic E-state index is 11.5. The Morgan fingerprint density at radius 2 is 2.36 bits per heavy atom. The first-order chi connectivity index (χ1) is 6.65. The first-order valence-corrected chi connectivity index (χ1v) is 4.52.